The van der Waals surface area contributed by atoms with Crippen LogP contribution in [-0.4, -0.2) is 33.4 Å². The number of hydrogen-bond acceptors (Lipinski definition) is 3. The van der Waals surface area contributed by atoms with Crippen LogP contribution in [0.1, 0.15) is 63.0 Å². The lowest BCUT2D eigenvalue weighted by molar-refractivity contribution is -0.0167. The molecule has 2 aliphatic rings. The molecule has 4 rings (SSSR count). The number of hydrogen-bond donors (Lipinski definition) is 2. The van der Waals surface area contributed by atoms with Crippen LogP contribution in [0.3, 0.4) is 0 Å². The second kappa shape index (κ2) is 10.9. The van der Waals surface area contributed by atoms with Gasteiger partial charge in [-0.05, 0) is 49.7 Å². The summed E-state index contributed by atoms with van der Waals surface area (Å²) >= 11 is 0. The summed E-state index contributed by atoms with van der Waals surface area (Å²) < 4.78 is 0. The van der Waals surface area contributed by atoms with Gasteiger partial charge in [-0.1, -0.05) is 79.9 Å². The van der Waals surface area contributed by atoms with Crippen LogP contribution in [0.5, 0.6) is 0 Å². The SMILES string of the molecule is CC(O)(CO)C1CC1.c1ccc(CN(Cc2ccccc2)C2CCCCC2)cc1. The molecule has 0 radical (unpaired) electrons. The quantitative estimate of drug-likeness (QED) is 0.680. The molecule has 158 valence electrons. The van der Waals surface area contributed by atoms with Crippen molar-refractivity contribution in [3.05, 3.63) is 71.8 Å². The van der Waals surface area contributed by atoms with Crippen LogP contribution < -0.4 is 0 Å². The van der Waals surface area contributed by atoms with E-state index in [0.717, 1.165) is 32.0 Å². The van der Waals surface area contributed by atoms with Gasteiger partial charge in [0.05, 0.1) is 12.2 Å². The van der Waals surface area contributed by atoms with E-state index in [1.54, 1.807) is 6.92 Å². The lowest BCUT2D eigenvalue weighted by Gasteiger charge is -2.34. The normalized spacial score (nSPS) is 19.3. The Balaban J connectivity index is 0.000000252. The fraction of sp³-hybridized carbons (Fsp3) is 0.538. The molecule has 1 unspecified atom stereocenters. The smallest absolute Gasteiger partial charge is 0.0877 e. The summed E-state index contributed by atoms with van der Waals surface area (Å²) in [5, 5.41) is 17.8. The van der Waals surface area contributed by atoms with Gasteiger partial charge >= 0.3 is 0 Å². The van der Waals surface area contributed by atoms with Crippen LogP contribution in [0.2, 0.25) is 0 Å². The molecule has 0 aromatic heterocycles. The Bertz CT molecular complexity index is 650. The fourth-order valence-electron chi connectivity index (χ4n) is 4.23. The molecule has 2 fully saturated rings. The first kappa shape index (κ1) is 22.0. The molecule has 0 saturated heterocycles. The fourth-order valence-corrected chi connectivity index (χ4v) is 4.23. The van der Waals surface area contributed by atoms with E-state index in [0.29, 0.717) is 5.92 Å². The number of aliphatic hydroxyl groups is 2. The highest BCUT2D eigenvalue weighted by molar-refractivity contribution is 5.17. The zero-order valence-corrected chi connectivity index (χ0v) is 17.8. The Kier molecular flexibility index (Phi) is 8.29. The molecule has 2 aliphatic carbocycles. The third-order valence-electron chi connectivity index (χ3n) is 6.33. The van der Waals surface area contributed by atoms with Crippen LogP contribution >= 0.6 is 0 Å². The second-order valence-electron chi connectivity index (χ2n) is 8.96. The zero-order valence-electron chi connectivity index (χ0n) is 17.8. The molecule has 0 heterocycles. The van der Waals surface area contributed by atoms with Crippen molar-refractivity contribution in [2.75, 3.05) is 6.61 Å². The van der Waals surface area contributed by atoms with E-state index in [4.69, 9.17) is 5.11 Å². The van der Waals surface area contributed by atoms with Gasteiger partial charge in [0.25, 0.3) is 0 Å². The van der Waals surface area contributed by atoms with Crippen molar-refractivity contribution in [2.45, 2.75) is 76.6 Å². The van der Waals surface area contributed by atoms with Crippen molar-refractivity contribution >= 4 is 0 Å². The van der Waals surface area contributed by atoms with Crippen LogP contribution in [0.15, 0.2) is 60.7 Å². The van der Waals surface area contributed by atoms with E-state index in [-0.39, 0.29) is 6.61 Å². The van der Waals surface area contributed by atoms with E-state index in [1.807, 2.05) is 0 Å². The number of benzene rings is 2. The molecule has 0 amide bonds. The van der Waals surface area contributed by atoms with E-state index in [2.05, 4.69) is 65.6 Å². The van der Waals surface area contributed by atoms with Crippen molar-refractivity contribution in [1.82, 2.24) is 4.90 Å². The van der Waals surface area contributed by atoms with Crippen LogP contribution in [0.4, 0.5) is 0 Å². The maximum atomic E-state index is 9.21. The van der Waals surface area contributed by atoms with Gasteiger partial charge in [-0.25, -0.2) is 0 Å². The van der Waals surface area contributed by atoms with Crippen LogP contribution in [0.25, 0.3) is 0 Å². The maximum Gasteiger partial charge on any atom is 0.0877 e. The molecule has 0 bridgehead atoms. The Morgan fingerprint density at radius 3 is 1.66 bits per heavy atom. The molecule has 0 aliphatic heterocycles. The monoisotopic (exact) mass is 395 g/mol. The number of nitrogens with zero attached hydrogens (tertiary/aromatic N) is 1. The summed E-state index contributed by atoms with van der Waals surface area (Å²) in [4.78, 5) is 2.68. The molecule has 2 saturated carbocycles. The molecular formula is C26H37NO2. The summed E-state index contributed by atoms with van der Waals surface area (Å²) in [6, 6.07) is 22.6. The Hall–Kier alpha value is -1.68. The summed E-state index contributed by atoms with van der Waals surface area (Å²) in [6.07, 6.45) is 9.08. The molecule has 2 aromatic rings. The van der Waals surface area contributed by atoms with Crippen molar-refractivity contribution in [1.29, 1.82) is 0 Å². The average Bonchev–Trinajstić information content (AvgIpc) is 3.62. The summed E-state index contributed by atoms with van der Waals surface area (Å²) in [5.74, 6) is 0.368. The van der Waals surface area contributed by atoms with Gasteiger partial charge in [0.1, 0.15) is 0 Å². The Morgan fingerprint density at radius 1 is 0.793 bits per heavy atom. The number of rotatable bonds is 7. The lowest BCUT2D eigenvalue weighted by atomic mass is 9.93. The first-order valence-electron chi connectivity index (χ1n) is 11.2. The van der Waals surface area contributed by atoms with E-state index >= 15 is 0 Å². The van der Waals surface area contributed by atoms with Gasteiger partial charge in [0.15, 0.2) is 0 Å². The molecule has 29 heavy (non-hydrogen) atoms. The predicted octanol–water partition coefficient (Wildman–Crippen LogP) is 5.16. The van der Waals surface area contributed by atoms with Gasteiger partial charge in [0.2, 0.25) is 0 Å². The van der Waals surface area contributed by atoms with Gasteiger partial charge in [-0.15, -0.1) is 0 Å². The topological polar surface area (TPSA) is 43.7 Å². The van der Waals surface area contributed by atoms with Crippen LogP contribution in [0, 0.1) is 5.92 Å². The lowest BCUT2D eigenvalue weighted by Crippen LogP contribution is -2.35. The maximum absolute atomic E-state index is 9.21. The Morgan fingerprint density at radius 2 is 1.28 bits per heavy atom. The van der Waals surface area contributed by atoms with Crippen molar-refractivity contribution in [2.24, 2.45) is 5.92 Å². The first-order chi connectivity index (χ1) is 14.1. The third kappa shape index (κ3) is 7.26. The van der Waals surface area contributed by atoms with Gasteiger partial charge in [-0.3, -0.25) is 4.90 Å². The first-order valence-corrected chi connectivity index (χ1v) is 11.2. The molecule has 0 spiro atoms. The van der Waals surface area contributed by atoms with Gasteiger partial charge in [0, 0.05) is 19.1 Å². The van der Waals surface area contributed by atoms with Gasteiger partial charge in [-0.2, -0.15) is 0 Å². The van der Waals surface area contributed by atoms with E-state index in [9.17, 15) is 5.11 Å². The highest BCUT2D eigenvalue weighted by Crippen LogP contribution is 2.38. The third-order valence-corrected chi connectivity index (χ3v) is 6.33. The Labute approximate surface area is 176 Å². The van der Waals surface area contributed by atoms with Crippen molar-refractivity contribution in [3.63, 3.8) is 0 Å². The highest BCUT2D eigenvalue weighted by Gasteiger charge is 2.39. The van der Waals surface area contributed by atoms with Crippen molar-refractivity contribution in [3.8, 4) is 0 Å². The molecule has 2 N–H and O–H groups in total. The molecule has 1 atom stereocenters. The van der Waals surface area contributed by atoms with E-state index in [1.165, 1.54) is 43.2 Å². The molecule has 3 nitrogen and oxygen atoms in total. The molecule has 3 heteroatoms. The predicted molar refractivity (Wildman–Crippen MR) is 119 cm³/mol. The summed E-state index contributed by atoms with van der Waals surface area (Å²) in [5.41, 5.74) is 2.07. The van der Waals surface area contributed by atoms with Gasteiger partial charge < -0.3 is 10.2 Å². The number of aliphatic hydroxyl groups excluding tert-OH is 1. The summed E-state index contributed by atoms with van der Waals surface area (Å²) in [6.45, 7) is 3.73. The van der Waals surface area contributed by atoms with Crippen molar-refractivity contribution < 1.29 is 10.2 Å². The average molecular weight is 396 g/mol. The van der Waals surface area contributed by atoms with Crippen LogP contribution in [-0.2, 0) is 13.1 Å². The minimum atomic E-state index is -0.792. The zero-order chi connectivity index (χ0) is 20.5. The molecular weight excluding hydrogens is 358 g/mol. The highest BCUT2D eigenvalue weighted by atomic mass is 16.3. The minimum absolute atomic E-state index is 0.0995. The summed E-state index contributed by atoms with van der Waals surface area (Å²) in [7, 11) is 0. The minimum Gasteiger partial charge on any atom is -0.393 e. The molecule has 2 aromatic carbocycles. The largest absolute Gasteiger partial charge is 0.393 e. The second-order valence-corrected chi connectivity index (χ2v) is 8.96. The standard InChI is InChI=1S/C20H25N.C6H12O2/c1-4-10-18(11-5-1)16-21(20-14-8-3-9-15-20)17-19-12-6-2-7-13-19;1-6(8,4-7)5-2-3-5/h1-2,4-7,10-13,20H,3,8-9,14-17H2;5,7-8H,2-4H2,1H3. The van der Waals surface area contributed by atoms with E-state index < -0.39 is 5.60 Å².